The minimum atomic E-state index is -0.800. The first-order valence-electron chi connectivity index (χ1n) is 9.00. The molecule has 4 rings (SSSR count). The molecule has 1 fully saturated rings. The summed E-state index contributed by atoms with van der Waals surface area (Å²) in [5.74, 6) is -0.406. The predicted octanol–water partition coefficient (Wildman–Crippen LogP) is 1.58. The summed E-state index contributed by atoms with van der Waals surface area (Å²) in [6, 6.07) is 10.4. The van der Waals surface area contributed by atoms with E-state index in [9.17, 15) is 9.59 Å². The lowest BCUT2D eigenvalue weighted by Crippen LogP contribution is -2.54. The summed E-state index contributed by atoms with van der Waals surface area (Å²) >= 11 is 6.29. The molecular weight excluding hydrogens is 398 g/mol. The number of pyridine rings is 1. The van der Waals surface area contributed by atoms with Crippen molar-refractivity contribution in [3.05, 3.63) is 64.4 Å². The molecule has 9 heteroatoms. The number of carbonyl (C=O) groups excluding carboxylic acids is 2. The normalized spacial score (nSPS) is 20.6. The van der Waals surface area contributed by atoms with Crippen molar-refractivity contribution in [2.75, 3.05) is 13.2 Å². The minimum Gasteiger partial charge on any atom is -0.483 e. The van der Waals surface area contributed by atoms with Crippen LogP contribution in [0.3, 0.4) is 0 Å². The highest BCUT2D eigenvalue weighted by Gasteiger charge is 2.39. The molecule has 3 heterocycles. The maximum Gasteiger partial charge on any atom is 0.290 e. The van der Waals surface area contributed by atoms with Crippen LogP contribution in [-0.4, -0.2) is 52.5 Å². The molecule has 29 heavy (non-hydrogen) atoms. The molecule has 1 aromatic carbocycles. The van der Waals surface area contributed by atoms with E-state index in [0.717, 1.165) is 11.3 Å². The molecule has 0 radical (unpaired) electrons. The Morgan fingerprint density at radius 1 is 1.31 bits per heavy atom. The molecular formula is C20H20ClN3O5. The number of ether oxygens (including phenoxy) is 1. The number of nitrogens with one attached hydrogen (secondary N) is 1. The summed E-state index contributed by atoms with van der Waals surface area (Å²) < 4.78 is 5.64. The van der Waals surface area contributed by atoms with Gasteiger partial charge < -0.3 is 20.1 Å². The van der Waals surface area contributed by atoms with Gasteiger partial charge in [-0.15, -0.1) is 0 Å². The van der Waals surface area contributed by atoms with Crippen molar-refractivity contribution < 1.29 is 24.2 Å². The molecule has 2 aliphatic heterocycles. The van der Waals surface area contributed by atoms with E-state index in [1.165, 1.54) is 0 Å². The van der Waals surface area contributed by atoms with Crippen LogP contribution in [0.5, 0.6) is 0 Å². The number of halogens is 1. The number of hydrogen-bond acceptors (Lipinski definition) is 5. The van der Waals surface area contributed by atoms with Crippen LogP contribution in [0.4, 0.5) is 0 Å². The molecule has 0 aliphatic carbocycles. The number of carboxylic acid groups (broad SMARTS) is 1. The van der Waals surface area contributed by atoms with Gasteiger partial charge in [-0.25, -0.2) is 0 Å². The fraction of sp³-hybridized carbons (Fsp3) is 0.300. The fourth-order valence-electron chi connectivity index (χ4n) is 3.47. The number of rotatable bonds is 2. The average Bonchev–Trinajstić information content (AvgIpc) is 2.74. The highest BCUT2D eigenvalue weighted by Crippen LogP contribution is 2.30. The lowest BCUT2D eigenvalue weighted by Gasteiger charge is -2.37. The first-order chi connectivity index (χ1) is 14.0. The maximum absolute atomic E-state index is 13.2. The number of carbonyl (C=O) groups is 3. The van der Waals surface area contributed by atoms with Gasteiger partial charge in [-0.3, -0.25) is 19.4 Å². The third-order valence-electron chi connectivity index (χ3n) is 4.77. The summed E-state index contributed by atoms with van der Waals surface area (Å²) in [6.07, 6.45) is 1.67. The van der Waals surface area contributed by atoms with Gasteiger partial charge in [0.05, 0.1) is 6.04 Å². The number of amides is 2. The summed E-state index contributed by atoms with van der Waals surface area (Å²) in [5.41, 5.74) is 2.75. The van der Waals surface area contributed by atoms with Crippen molar-refractivity contribution in [3.8, 4) is 0 Å². The third kappa shape index (κ3) is 4.72. The zero-order valence-electron chi connectivity index (χ0n) is 15.5. The summed E-state index contributed by atoms with van der Waals surface area (Å²) in [4.78, 5) is 39.5. The van der Waals surface area contributed by atoms with Crippen LogP contribution in [0.25, 0.3) is 0 Å². The van der Waals surface area contributed by atoms with Crippen molar-refractivity contribution >= 4 is 29.9 Å². The quantitative estimate of drug-likeness (QED) is 0.718. The topological polar surface area (TPSA) is 109 Å². The molecule has 2 aromatic rings. The van der Waals surface area contributed by atoms with Crippen LogP contribution in [0.15, 0.2) is 42.6 Å². The van der Waals surface area contributed by atoms with Crippen LogP contribution in [0.1, 0.15) is 22.9 Å². The zero-order valence-corrected chi connectivity index (χ0v) is 16.2. The van der Waals surface area contributed by atoms with E-state index in [4.69, 9.17) is 26.2 Å². The fourth-order valence-corrected chi connectivity index (χ4v) is 3.72. The first-order valence-corrected chi connectivity index (χ1v) is 9.37. The van der Waals surface area contributed by atoms with Crippen molar-refractivity contribution in [1.82, 2.24) is 15.2 Å². The van der Waals surface area contributed by atoms with E-state index in [-0.39, 0.29) is 24.9 Å². The van der Waals surface area contributed by atoms with E-state index < -0.39 is 12.1 Å². The second-order valence-corrected chi connectivity index (χ2v) is 6.93. The average molecular weight is 418 g/mol. The second-order valence-electron chi connectivity index (χ2n) is 6.52. The Balaban J connectivity index is 0.000000755. The van der Waals surface area contributed by atoms with Crippen molar-refractivity contribution in [2.24, 2.45) is 0 Å². The Labute approximate surface area is 172 Å². The van der Waals surface area contributed by atoms with E-state index in [0.29, 0.717) is 30.1 Å². The van der Waals surface area contributed by atoms with Gasteiger partial charge in [-0.05, 0) is 23.3 Å². The monoisotopic (exact) mass is 417 g/mol. The van der Waals surface area contributed by atoms with E-state index in [1.54, 1.807) is 23.2 Å². The van der Waals surface area contributed by atoms with Gasteiger partial charge in [0.15, 0.2) is 6.10 Å². The molecule has 0 saturated carbocycles. The first kappa shape index (κ1) is 20.8. The van der Waals surface area contributed by atoms with Gasteiger partial charge in [-0.2, -0.15) is 0 Å². The highest BCUT2D eigenvalue weighted by molar-refractivity contribution is 6.31. The molecule has 2 N–H and O–H groups in total. The number of fused-ring (bicyclic) bond motifs is 1. The van der Waals surface area contributed by atoms with Gasteiger partial charge >= 0.3 is 0 Å². The molecule has 2 atom stereocenters. The molecule has 1 saturated heterocycles. The number of benzene rings is 1. The van der Waals surface area contributed by atoms with Crippen LogP contribution >= 0.6 is 11.6 Å². The van der Waals surface area contributed by atoms with Gasteiger partial charge in [-0.1, -0.05) is 35.9 Å². The Kier molecular flexibility index (Phi) is 6.79. The summed E-state index contributed by atoms with van der Waals surface area (Å²) in [6.45, 7) is 0.681. The van der Waals surface area contributed by atoms with Crippen LogP contribution in [0.2, 0.25) is 5.02 Å². The lowest BCUT2D eigenvalue weighted by atomic mass is 9.97. The van der Waals surface area contributed by atoms with E-state index in [1.807, 2.05) is 24.3 Å². The molecule has 0 unspecified atom stereocenters. The largest absolute Gasteiger partial charge is 0.483 e. The van der Waals surface area contributed by atoms with E-state index >= 15 is 0 Å². The lowest BCUT2D eigenvalue weighted by molar-refractivity contribution is -0.156. The molecule has 0 spiro atoms. The summed E-state index contributed by atoms with van der Waals surface area (Å²) in [7, 11) is 0. The Morgan fingerprint density at radius 2 is 2.07 bits per heavy atom. The molecule has 0 bridgehead atoms. The van der Waals surface area contributed by atoms with Gasteiger partial charge in [0.1, 0.15) is 6.61 Å². The smallest absolute Gasteiger partial charge is 0.290 e. The summed E-state index contributed by atoms with van der Waals surface area (Å²) in [5, 5.41) is 10.2. The standard InChI is InChI=1S/C19H18ClN3O3.CH2O2/c20-14-6-2-1-5-13(14)17-18(26-11-16(24)22-17)19(25)23-9-7-15-12(10-23)4-3-8-21-15;2-1-3/h1-6,8,17-18H,7,9-11H2,(H,22,24);1H,(H,2,3)/t17-,18+;/m1./s1. The number of aromatic nitrogens is 1. The van der Waals surface area contributed by atoms with Gasteiger partial charge in [0.25, 0.3) is 12.4 Å². The number of hydrogen-bond donors (Lipinski definition) is 2. The molecule has 152 valence electrons. The van der Waals surface area contributed by atoms with Crippen LogP contribution < -0.4 is 5.32 Å². The zero-order chi connectivity index (χ0) is 20.8. The van der Waals surface area contributed by atoms with Crippen LogP contribution in [-0.2, 0) is 32.1 Å². The van der Waals surface area contributed by atoms with Crippen molar-refractivity contribution in [2.45, 2.75) is 25.1 Å². The van der Waals surface area contributed by atoms with Gasteiger partial charge in [0, 0.05) is 36.4 Å². The molecule has 2 amide bonds. The molecule has 1 aromatic heterocycles. The minimum absolute atomic E-state index is 0.136. The van der Waals surface area contributed by atoms with Crippen molar-refractivity contribution in [1.29, 1.82) is 0 Å². The molecule has 8 nitrogen and oxygen atoms in total. The number of morpholine rings is 1. The van der Waals surface area contributed by atoms with Crippen molar-refractivity contribution in [3.63, 3.8) is 0 Å². The Hall–Kier alpha value is -2.97. The SMILES string of the molecule is O=C1CO[C@H](C(=O)N2CCc3ncccc3C2)[C@@H](c2ccccc2Cl)N1.O=CO. The third-order valence-corrected chi connectivity index (χ3v) is 5.12. The van der Waals surface area contributed by atoms with Gasteiger partial charge in [0.2, 0.25) is 5.91 Å². The van der Waals surface area contributed by atoms with Crippen LogP contribution in [0, 0.1) is 0 Å². The van der Waals surface area contributed by atoms with E-state index in [2.05, 4.69) is 10.3 Å². The second kappa shape index (κ2) is 9.49. The maximum atomic E-state index is 13.2. The Bertz CT molecular complexity index is 907. The highest BCUT2D eigenvalue weighted by atomic mass is 35.5. The Morgan fingerprint density at radius 3 is 2.83 bits per heavy atom. The predicted molar refractivity (Wildman–Crippen MR) is 104 cm³/mol. The number of nitrogens with zero attached hydrogens (tertiary/aromatic N) is 2. The molecule has 2 aliphatic rings.